The number of carbonyl (C=O) groups excluding carboxylic acids is 1. The molecule has 6 heteroatoms. The molecule has 0 atom stereocenters. The van der Waals surface area contributed by atoms with E-state index in [4.69, 9.17) is 5.11 Å². The van der Waals surface area contributed by atoms with Crippen molar-refractivity contribution in [2.24, 2.45) is 0 Å². The number of imidazole rings is 1. The predicted octanol–water partition coefficient (Wildman–Crippen LogP) is 2.64. The summed E-state index contributed by atoms with van der Waals surface area (Å²) in [5, 5.41) is 12.0. The van der Waals surface area contributed by atoms with E-state index < -0.39 is 5.97 Å². The number of ketones is 1. The minimum Gasteiger partial charge on any atom is -0.478 e. The number of carboxylic acid groups (broad SMARTS) is 1. The van der Waals surface area contributed by atoms with Gasteiger partial charge < -0.3 is 10.4 Å². The number of Topliss-reactive ketones (excluding diaryl/α,β-unsaturated/α-hetero) is 1. The van der Waals surface area contributed by atoms with Crippen molar-refractivity contribution >= 4 is 23.1 Å². The number of rotatable bonds is 5. The number of aryl methyl sites for hydroxylation is 1. The van der Waals surface area contributed by atoms with E-state index in [1.807, 2.05) is 25.1 Å². The minimum absolute atomic E-state index is 0.0621. The van der Waals surface area contributed by atoms with Crippen LogP contribution in [0.5, 0.6) is 0 Å². The number of nitrogens with one attached hydrogen (secondary N) is 1. The van der Waals surface area contributed by atoms with Gasteiger partial charge in [0.15, 0.2) is 5.78 Å². The molecule has 3 aromatic rings. The van der Waals surface area contributed by atoms with Crippen LogP contribution in [0.4, 0.5) is 5.69 Å². The van der Waals surface area contributed by atoms with Gasteiger partial charge in [-0.25, -0.2) is 9.78 Å². The zero-order valence-corrected chi connectivity index (χ0v) is 12.5. The summed E-state index contributed by atoms with van der Waals surface area (Å²) in [5.41, 5.74) is 2.88. The van der Waals surface area contributed by atoms with Gasteiger partial charge in [-0.1, -0.05) is 12.1 Å². The van der Waals surface area contributed by atoms with Crippen LogP contribution in [0.3, 0.4) is 0 Å². The summed E-state index contributed by atoms with van der Waals surface area (Å²) in [6.07, 6.45) is 3.33. The minimum atomic E-state index is -0.999. The molecule has 0 amide bonds. The third-order valence-electron chi connectivity index (χ3n) is 3.63. The molecule has 3 rings (SSSR count). The van der Waals surface area contributed by atoms with Crippen LogP contribution in [0.2, 0.25) is 0 Å². The molecule has 0 saturated heterocycles. The van der Waals surface area contributed by atoms with Crippen LogP contribution in [-0.4, -0.2) is 32.8 Å². The lowest BCUT2D eigenvalue weighted by Crippen LogP contribution is -2.16. The Morgan fingerprint density at radius 2 is 2.09 bits per heavy atom. The third kappa shape index (κ3) is 2.91. The van der Waals surface area contributed by atoms with Crippen molar-refractivity contribution in [3.05, 3.63) is 65.6 Å². The molecule has 0 spiro atoms. The van der Waals surface area contributed by atoms with Gasteiger partial charge in [0.25, 0.3) is 0 Å². The van der Waals surface area contributed by atoms with Gasteiger partial charge in [-0.2, -0.15) is 0 Å². The molecular formula is C17H15N3O3. The van der Waals surface area contributed by atoms with E-state index in [-0.39, 0.29) is 17.9 Å². The molecular weight excluding hydrogens is 294 g/mol. The highest BCUT2D eigenvalue weighted by atomic mass is 16.4. The number of carboxylic acids is 1. The van der Waals surface area contributed by atoms with Crippen molar-refractivity contribution < 1.29 is 14.7 Å². The Labute approximate surface area is 132 Å². The molecule has 0 fully saturated rings. The summed E-state index contributed by atoms with van der Waals surface area (Å²) in [4.78, 5) is 27.6. The van der Waals surface area contributed by atoms with Gasteiger partial charge in [0.2, 0.25) is 0 Å². The Kier molecular flexibility index (Phi) is 3.80. The van der Waals surface area contributed by atoms with Gasteiger partial charge in [-0.05, 0) is 36.8 Å². The molecule has 2 N–H and O–H groups in total. The Balaban J connectivity index is 1.79. The van der Waals surface area contributed by atoms with Gasteiger partial charge in [0.05, 0.1) is 18.3 Å². The van der Waals surface area contributed by atoms with E-state index in [0.717, 1.165) is 5.56 Å². The SMILES string of the molecule is Cc1ccc(C(=O)O)cc1NCC(=O)c1cnc2ccccn12. The number of fused-ring (bicyclic) bond motifs is 1. The molecule has 1 aromatic carbocycles. The molecule has 6 nitrogen and oxygen atoms in total. The quantitative estimate of drug-likeness (QED) is 0.708. The van der Waals surface area contributed by atoms with Crippen molar-refractivity contribution in [1.82, 2.24) is 9.38 Å². The summed E-state index contributed by atoms with van der Waals surface area (Å²) < 4.78 is 1.73. The van der Waals surface area contributed by atoms with Crippen LogP contribution in [0, 0.1) is 6.92 Å². The standard InChI is InChI=1S/C17H15N3O3/c1-11-5-6-12(17(22)23)8-13(11)18-10-15(21)14-9-19-16-4-2-3-7-20(14)16/h2-9,18H,10H2,1H3,(H,22,23). The molecule has 0 radical (unpaired) electrons. The third-order valence-corrected chi connectivity index (χ3v) is 3.63. The number of hydrogen-bond acceptors (Lipinski definition) is 4. The number of hydrogen-bond donors (Lipinski definition) is 2. The van der Waals surface area contributed by atoms with E-state index in [1.54, 1.807) is 22.9 Å². The average Bonchev–Trinajstić information content (AvgIpc) is 2.97. The lowest BCUT2D eigenvalue weighted by Gasteiger charge is -2.10. The van der Waals surface area contributed by atoms with E-state index in [2.05, 4.69) is 10.3 Å². The zero-order valence-electron chi connectivity index (χ0n) is 12.5. The molecule has 0 aliphatic carbocycles. The van der Waals surface area contributed by atoms with Crippen molar-refractivity contribution in [1.29, 1.82) is 0 Å². The molecule has 0 aliphatic rings. The summed E-state index contributed by atoms with van der Waals surface area (Å²) in [6.45, 7) is 1.92. The number of pyridine rings is 1. The van der Waals surface area contributed by atoms with E-state index in [9.17, 15) is 9.59 Å². The van der Waals surface area contributed by atoms with Crippen LogP contribution in [-0.2, 0) is 0 Å². The second-order valence-electron chi connectivity index (χ2n) is 5.18. The zero-order chi connectivity index (χ0) is 16.4. The van der Waals surface area contributed by atoms with E-state index in [1.165, 1.54) is 12.1 Å². The number of anilines is 1. The van der Waals surface area contributed by atoms with Crippen molar-refractivity contribution in [2.75, 3.05) is 11.9 Å². The maximum atomic E-state index is 12.4. The highest BCUT2D eigenvalue weighted by Crippen LogP contribution is 2.17. The number of benzene rings is 1. The monoisotopic (exact) mass is 309 g/mol. The first-order valence-corrected chi connectivity index (χ1v) is 7.09. The number of aromatic carboxylic acids is 1. The summed E-state index contributed by atoms with van der Waals surface area (Å²) in [6, 6.07) is 10.3. The summed E-state index contributed by atoms with van der Waals surface area (Å²) in [5.74, 6) is -1.12. The fraction of sp³-hybridized carbons (Fsp3) is 0.118. The van der Waals surface area contributed by atoms with Crippen molar-refractivity contribution in [2.45, 2.75) is 6.92 Å². The van der Waals surface area contributed by atoms with Crippen LogP contribution in [0.1, 0.15) is 26.4 Å². The van der Waals surface area contributed by atoms with Gasteiger partial charge in [-0.15, -0.1) is 0 Å². The summed E-state index contributed by atoms with van der Waals surface area (Å²) >= 11 is 0. The van der Waals surface area contributed by atoms with Crippen LogP contribution in [0.25, 0.3) is 5.65 Å². The Morgan fingerprint density at radius 3 is 2.87 bits per heavy atom. The highest BCUT2D eigenvalue weighted by molar-refractivity contribution is 5.98. The average molecular weight is 309 g/mol. The first kappa shape index (κ1) is 14.8. The number of carbonyl (C=O) groups is 2. The van der Waals surface area contributed by atoms with Gasteiger partial charge >= 0.3 is 5.97 Å². The Morgan fingerprint density at radius 1 is 1.26 bits per heavy atom. The van der Waals surface area contributed by atoms with E-state index >= 15 is 0 Å². The van der Waals surface area contributed by atoms with Gasteiger partial charge in [-0.3, -0.25) is 9.20 Å². The first-order valence-electron chi connectivity index (χ1n) is 7.09. The summed E-state index contributed by atoms with van der Waals surface area (Å²) in [7, 11) is 0. The van der Waals surface area contributed by atoms with Gasteiger partial charge in [0.1, 0.15) is 11.3 Å². The smallest absolute Gasteiger partial charge is 0.335 e. The molecule has 116 valence electrons. The van der Waals surface area contributed by atoms with Crippen LogP contribution >= 0.6 is 0 Å². The molecule has 0 aliphatic heterocycles. The fourth-order valence-corrected chi connectivity index (χ4v) is 2.35. The number of nitrogens with zero attached hydrogens (tertiary/aromatic N) is 2. The lowest BCUT2D eigenvalue weighted by molar-refractivity contribution is 0.0696. The van der Waals surface area contributed by atoms with E-state index in [0.29, 0.717) is 17.0 Å². The van der Waals surface area contributed by atoms with Crippen LogP contribution < -0.4 is 5.32 Å². The maximum absolute atomic E-state index is 12.4. The molecule has 0 saturated carbocycles. The second-order valence-corrected chi connectivity index (χ2v) is 5.18. The Hall–Kier alpha value is -3.15. The second kappa shape index (κ2) is 5.92. The normalized spacial score (nSPS) is 10.7. The predicted molar refractivity (Wildman–Crippen MR) is 86.2 cm³/mol. The first-order chi connectivity index (χ1) is 11.1. The largest absolute Gasteiger partial charge is 0.478 e. The number of aromatic nitrogens is 2. The molecule has 0 bridgehead atoms. The lowest BCUT2D eigenvalue weighted by atomic mass is 10.1. The Bertz CT molecular complexity index is 899. The van der Waals surface area contributed by atoms with Crippen molar-refractivity contribution in [3.63, 3.8) is 0 Å². The van der Waals surface area contributed by atoms with Crippen LogP contribution in [0.15, 0.2) is 48.8 Å². The maximum Gasteiger partial charge on any atom is 0.335 e. The van der Waals surface area contributed by atoms with Gasteiger partial charge in [0, 0.05) is 11.9 Å². The van der Waals surface area contributed by atoms with Crippen molar-refractivity contribution in [3.8, 4) is 0 Å². The molecule has 2 heterocycles. The highest BCUT2D eigenvalue weighted by Gasteiger charge is 2.13. The molecule has 2 aromatic heterocycles. The fourth-order valence-electron chi connectivity index (χ4n) is 2.35. The molecule has 23 heavy (non-hydrogen) atoms. The molecule has 0 unspecified atom stereocenters. The topological polar surface area (TPSA) is 83.7 Å².